The van der Waals surface area contributed by atoms with Crippen molar-refractivity contribution in [3.8, 4) is 17.2 Å². The van der Waals surface area contributed by atoms with Crippen molar-refractivity contribution >= 4 is 39.6 Å². The summed E-state index contributed by atoms with van der Waals surface area (Å²) in [6, 6.07) is 34.0. The third-order valence-corrected chi connectivity index (χ3v) is 10.1. The number of rotatable bonds is 5. The number of para-hydroxylation sites is 2. The first kappa shape index (κ1) is 28.2. The number of allylic oxidation sites excluding steroid dienone is 5. The molecule has 0 amide bonds. The van der Waals surface area contributed by atoms with Gasteiger partial charge >= 0.3 is 0 Å². The molecule has 4 heteroatoms. The van der Waals surface area contributed by atoms with Crippen molar-refractivity contribution in [1.29, 1.82) is 5.26 Å². The summed E-state index contributed by atoms with van der Waals surface area (Å²) in [6.45, 7) is 6.17. The van der Waals surface area contributed by atoms with Crippen LogP contribution in [0.3, 0.4) is 0 Å². The van der Waals surface area contributed by atoms with E-state index in [2.05, 4.69) is 133 Å². The van der Waals surface area contributed by atoms with Crippen molar-refractivity contribution in [3.05, 3.63) is 174 Å². The number of benzene rings is 4. The Labute approximate surface area is 280 Å². The van der Waals surface area contributed by atoms with Gasteiger partial charge in [-0.15, -0.1) is 0 Å². The van der Waals surface area contributed by atoms with Crippen LogP contribution in [0.4, 0.5) is 11.4 Å². The number of furan rings is 1. The Morgan fingerprint density at radius 3 is 2.54 bits per heavy atom. The van der Waals surface area contributed by atoms with Gasteiger partial charge in [0.05, 0.1) is 23.1 Å². The SMILES string of the molecule is C=Cc1oc2ccc(-c3ccccc3)cc2c1C1=C(C)OC2C=CC(c3cccc(C#N)c3N3c4ccccc4C4C=CC=CC43)=CC12. The smallest absolute Gasteiger partial charge is 0.135 e. The number of hydrogen-bond acceptors (Lipinski definition) is 4. The maximum atomic E-state index is 10.5. The van der Waals surface area contributed by atoms with Gasteiger partial charge in [-0.2, -0.15) is 5.26 Å². The Kier molecular flexibility index (Phi) is 6.48. The molecule has 48 heavy (non-hydrogen) atoms. The van der Waals surface area contributed by atoms with Gasteiger partial charge < -0.3 is 14.1 Å². The van der Waals surface area contributed by atoms with Gasteiger partial charge in [-0.3, -0.25) is 0 Å². The lowest BCUT2D eigenvalue weighted by molar-refractivity contribution is 0.166. The minimum Gasteiger partial charge on any atom is -0.490 e. The van der Waals surface area contributed by atoms with Gasteiger partial charge in [0.25, 0.3) is 0 Å². The number of hydrogen-bond donors (Lipinski definition) is 0. The average Bonchev–Trinajstić information content (AvgIpc) is 3.78. The summed E-state index contributed by atoms with van der Waals surface area (Å²) in [4.78, 5) is 2.37. The van der Waals surface area contributed by atoms with Crippen LogP contribution in [-0.4, -0.2) is 12.1 Å². The Bertz CT molecular complexity index is 2340. The van der Waals surface area contributed by atoms with Crippen molar-refractivity contribution in [3.63, 3.8) is 0 Å². The average molecular weight is 621 g/mol. The molecule has 230 valence electrons. The van der Waals surface area contributed by atoms with Gasteiger partial charge in [0, 0.05) is 39.6 Å². The van der Waals surface area contributed by atoms with E-state index in [0.717, 1.165) is 67.3 Å². The minimum atomic E-state index is -0.144. The van der Waals surface area contributed by atoms with Gasteiger partial charge in [-0.25, -0.2) is 0 Å². The third-order valence-electron chi connectivity index (χ3n) is 10.1. The predicted molar refractivity (Wildman–Crippen MR) is 194 cm³/mol. The lowest BCUT2D eigenvalue weighted by Crippen LogP contribution is -2.30. The first-order valence-corrected chi connectivity index (χ1v) is 16.4. The summed E-state index contributed by atoms with van der Waals surface area (Å²) in [5.74, 6) is 1.78. The zero-order chi connectivity index (χ0) is 32.4. The fourth-order valence-electron chi connectivity index (χ4n) is 8.07. The normalized spacial score (nSPS) is 21.8. The monoisotopic (exact) mass is 620 g/mol. The number of anilines is 2. The van der Waals surface area contributed by atoms with Crippen LogP contribution in [0, 0.1) is 17.2 Å². The van der Waals surface area contributed by atoms with Crippen LogP contribution in [0.25, 0.3) is 39.3 Å². The molecule has 3 heterocycles. The third kappa shape index (κ3) is 4.21. The molecule has 4 aliphatic rings. The minimum absolute atomic E-state index is 0.0559. The Hall–Kier alpha value is -6.05. The van der Waals surface area contributed by atoms with Gasteiger partial charge in [-0.1, -0.05) is 110 Å². The Morgan fingerprint density at radius 1 is 0.854 bits per heavy atom. The summed E-state index contributed by atoms with van der Waals surface area (Å²) < 4.78 is 12.9. The highest BCUT2D eigenvalue weighted by Gasteiger charge is 2.41. The highest BCUT2D eigenvalue weighted by molar-refractivity contribution is 6.00. The summed E-state index contributed by atoms with van der Waals surface area (Å²) in [5, 5.41) is 11.5. The first-order valence-electron chi connectivity index (χ1n) is 16.4. The molecular weight excluding hydrogens is 588 g/mol. The van der Waals surface area contributed by atoms with E-state index in [1.165, 1.54) is 5.56 Å². The second-order valence-electron chi connectivity index (χ2n) is 12.7. The summed E-state index contributed by atoms with van der Waals surface area (Å²) in [6.07, 6.45) is 17.1. The molecule has 2 aliphatic carbocycles. The maximum Gasteiger partial charge on any atom is 0.135 e. The van der Waals surface area contributed by atoms with Gasteiger partial charge in [0.1, 0.15) is 23.5 Å². The first-order chi connectivity index (χ1) is 23.6. The molecule has 2 aliphatic heterocycles. The van der Waals surface area contributed by atoms with E-state index in [-0.39, 0.29) is 24.0 Å². The summed E-state index contributed by atoms with van der Waals surface area (Å²) >= 11 is 0. The van der Waals surface area contributed by atoms with E-state index in [1.54, 1.807) is 6.08 Å². The number of ether oxygens (including phenoxy) is 1. The van der Waals surface area contributed by atoms with E-state index < -0.39 is 0 Å². The zero-order valence-corrected chi connectivity index (χ0v) is 26.5. The van der Waals surface area contributed by atoms with E-state index in [1.807, 2.05) is 25.1 Å². The molecule has 4 nitrogen and oxygen atoms in total. The lowest BCUT2D eigenvalue weighted by Gasteiger charge is -2.32. The molecule has 4 aromatic carbocycles. The van der Waals surface area contributed by atoms with E-state index >= 15 is 0 Å². The second-order valence-corrected chi connectivity index (χ2v) is 12.7. The molecule has 0 N–H and O–H groups in total. The van der Waals surface area contributed by atoms with Gasteiger partial charge in [0.15, 0.2) is 0 Å². The molecule has 0 spiro atoms. The molecule has 0 saturated carbocycles. The molecule has 0 fully saturated rings. The molecular formula is C44H32N2O2. The summed E-state index contributed by atoms with van der Waals surface area (Å²) in [7, 11) is 0. The molecule has 0 saturated heterocycles. The lowest BCUT2D eigenvalue weighted by atomic mass is 9.82. The van der Waals surface area contributed by atoms with Crippen LogP contribution in [0.5, 0.6) is 0 Å². The predicted octanol–water partition coefficient (Wildman–Crippen LogP) is 10.7. The van der Waals surface area contributed by atoms with Crippen molar-refractivity contribution in [2.75, 3.05) is 4.90 Å². The van der Waals surface area contributed by atoms with E-state index in [4.69, 9.17) is 9.15 Å². The molecule has 4 atom stereocenters. The molecule has 9 rings (SSSR count). The Morgan fingerprint density at radius 2 is 1.69 bits per heavy atom. The van der Waals surface area contributed by atoms with Crippen molar-refractivity contribution in [2.45, 2.75) is 25.0 Å². The fourth-order valence-corrected chi connectivity index (χ4v) is 8.07. The quantitative estimate of drug-likeness (QED) is 0.196. The van der Waals surface area contributed by atoms with Crippen LogP contribution >= 0.6 is 0 Å². The van der Waals surface area contributed by atoms with Crippen LogP contribution in [0.2, 0.25) is 0 Å². The van der Waals surface area contributed by atoms with Crippen LogP contribution < -0.4 is 4.90 Å². The Balaban J connectivity index is 1.19. The van der Waals surface area contributed by atoms with Crippen molar-refractivity contribution in [1.82, 2.24) is 0 Å². The van der Waals surface area contributed by atoms with Crippen LogP contribution in [-0.2, 0) is 4.74 Å². The molecule has 0 bridgehead atoms. The molecule has 1 aromatic heterocycles. The van der Waals surface area contributed by atoms with E-state index in [9.17, 15) is 5.26 Å². The zero-order valence-electron chi connectivity index (χ0n) is 26.5. The number of nitriles is 1. The molecule has 0 radical (unpaired) electrons. The van der Waals surface area contributed by atoms with Crippen molar-refractivity contribution in [2.24, 2.45) is 5.92 Å². The molecule has 4 unspecified atom stereocenters. The second kappa shape index (κ2) is 11.0. The van der Waals surface area contributed by atoms with E-state index in [0.29, 0.717) is 5.56 Å². The van der Waals surface area contributed by atoms with Crippen molar-refractivity contribution < 1.29 is 9.15 Å². The highest BCUT2D eigenvalue weighted by Crippen LogP contribution is 2.52. The number of nitrogens with zero attached hydrogens (tertiary/aromatic N) is 2. The summed E-state index contributed by atoms with van der Waals surface area (Å²) in [5.41, 5.74) is 11.3. The topological polar surface area (TPSA) is 49.4 Å². The maximum absolute atomic E-state index is 10.5. The van der Waals surface area contributed by atoms with Crippen LogP contribution in [0.1, 0.15) is 40.9 Å². The standard InChI is InChI=1S/C44H32N2O2/c1-3-39-43(36-24-29(20-22-41(36)48-39)28-12-5-4-6-13-28)42-27(2)47-40-23-21-30(25-35(40)42)32-17-11-14-31(26-45)44(32)46-37-18-9-7-15-33(37)34-16-8-10-19-38(34)46/h3-25,33,35,37,40H,1H2,2H3. The van der Waals surface area contributed by atoms with Gasteiger partial charge in [0.2, 0.25) is 0 Å². The largest absolute Gasteiger partial charge is 0.490 e. The fraction of sp³-hybridized carbons (Fsp3) is 0.114. The van der Waals surface area contributed by atoms with Crippen LogP contribution in [0.15, 0.2) is 150 Å². The van der Waals surface area contributed by atoms with Gasteiger partial charge in [-0.05, 0) is 65.6 Å². The number of fused-ring (bicyclic) bond motifs is 5. The molecule has 5 aromatic rings. The highest BCUT2D eigenvalue weighted by atomic mass is 16.5.